The molecule has 0 fully saturated rings. The van der Waals surface area contributed by atoms with Gasteiger partial charge in [0.25, 0.3) is 0 Å². The van der Waals surface area contributed by atoms with E-state index in [-0.39, 0.29) is 11.9 Å². The van der Waals surface area contributed by atoms with Crippen molar-refractivity contribution in [2.75, 3.05) is 13.2 Å². The van der Waals surface area contributed by atoms with Crippen molar-refractivity contribution in [2.24, 2.45) is 0 Å². The van der Waals surface area contributed by atoms with Gasteiger partial charge in [-0.1, -0.05) is 26.3 Å². The summed E-state index contributed by atoms with van der Waals surface area (Å²) >= 11 is 17.8. The lowest BCUT2D eigenvalue weighted by molar-refractivity contribution is -0.139. The van der Waals surface area contributed by atoms with Crippen LogP contribution in [0, 0.1) is 0 Å². The highest BCUT2D eigenvalue weighted by molar-refractivity contribution is 7.44. The number of hydrogen-bond donors (Lipinski definition) is 0. The van der Waals surface area contributed by atoms with Gasteiger partial charge in [0.2, 0.25) is 6.69 Å². The van der Waals surface area contributed by atoms with E-state index in [2.05, 4.69) is 26.3 Å². The van der Waals surface area contributed by atoms with E-state index < -0.39 is 14.1 Å². The summed E-state index contributed by atoms with van der Waals surface area (Å²) in [4.78, 5) is 21.8. The fraction of sp³-hybridized carbons (Fsp3) is 0.647. The monoisotopic (exact) mass is 460 g/mol. The average molecular weight is 462 g/mol. The van der Waals surface area contributed by atoms with E-state index >= 15 is 0 Å². The Balaban J connectivity index is 0. The molecular formula is C17H31Cl3O4Si2. The summed E-state index contributed by atoms with van der Waals surface area (Å²) in [6.45, 7) is 15.0. The largest absolute Gasteiger partial charge is 0.462 e. The highest BCUT2D eigenvalue weighted by Gasteiger charge is 2.20. The lowest BCUT2D eigenvalue weighted by Crippen LogP contribution is -2.17. The Bertz CT molecular complexity index is 439. The van der Waals surface area contributed by atoms with Crippen LogP contribution in [0.3, 0.4) is 0 Å². The van der Waals surface area contributed by atoms with Crippen molar-refractivity contribution in [3.8, 4) is 0 Å². The van der Waals surface area contributed by atoms with E-state index in [1.165, 1.54) is 0 Å². The first-order chi connectivity index (χ1) is 11.7. The summed E-state index contributed by atoms with van der Waals surface area (Å²) in [6, 6.07) is 1.71. The van der Waals surface area contributed by atoms with Crippen LogP contribution >= 0.6 is 33.2 Å². The molecule has 0 aliphatic rings. The maximum Gasteiger partial charge on any atom is 0.333 e. The van der Waals surface area contributed by atoms with Crippen molar-refractivity contribution >= 4 is 59.3 Å². The molecule has 0 aliphatic heterocycles. The molecule has 0 aromatic carbocycles. The molecule has 0 aromatic heterocycles. The van der Waals surface area contributed by atoms with E-state index in [0.29, 0.717) is 24.4 Å². The minimum Gasteiger partial charge on any atom is -0.462 e. The van der Waals surface area contributed by atoms with Gasteiger partial charge in [0.1, 0.15) is 0 Å². The highest BCUT2D eigenvalue weighted by Crippen LogP contribution is 2.21. The average Bonchev–Trinajstić information content (AvgIpc) is 2.46. The summed E-state index contributed by atoms with van der Waals surface area (Å²) in [7, 11) is -1.50. The van der Waals surface area contributed by atoms with E-state index in [1.807, 2.05) is 6.55 Å². The Morgan fingerprint density at radius 2 is 1.15 bits per heavy atom. The standard InChI is InChI=1S/C9H17ClO2Si.C8H14Cl2O2Si/c1-8(2)9(11)12-6-5-7-13(3,4)10;1-7(2)8(11)12-5-4-6-13(3,9)10/h1,5-7H2,2-4H3;1,4-6H2,2-3H3. The first kappa shape index (κ1) is 27.9. The number of carbonyl (C=O) groups excluding carboxylic acids is 2. The first-order valence-electron chi connectivity index (χ1n) is 8.38. The Hall–Kier alpha value is -0.276. The topological polar surface area (TPSA) is 52.6 Å². The van der Waals surface area contributed by atoms with Crippen LogP contribution in [0.5, 0.6) is 0 Å². The minimum atomic E-state index is -2.03. The summed E-state index contributed by atoms with van der Waals surface area (Å²) in [5.41, 5.74) is 0.860. The van der Waals surface area contributed by atoms with Gasteiger partial charge in [-0.15, -0.1) is 22.2 Å². The zero-order valence-corrected chi connectivity index (χ0v) is 20.7. The van der Waals surface area contributed by atoms with Crippen molar-refractivity contribution in [1.29, 1.82) is 0 Å². The molecule has 0 N–H and O–H groups in total. The molecule has 0 radical (unpaired) electrons. The second kappa shape index (κ2) is 13.8. The molecule has 152 valence electrons. The molecular weight excluding hydrogens is 431 g/mol. The fourth-order valence-corrected chi connectivity index (χ4v) is 4.40. The molecule has 0 aliphatic carbocycles. The van der Waals surface area contributed by atoms with Gasteiger partial charge in [-0.25, -0.2) is 9.59 Å². The molecule has 0 spiro atoms. The number of halogens is 3. The van der Waals surface area contributed by atoms with Gasteiger partial charge in [0.05, 0.1) is 13.2 Å². The third kappa shape index (κ3) is 21.8. The lowest BCUT2D eigenvalue weighted by Gasteiger charge is -2.12. The van der Waals surface area contributed by atoms with Crippen molar-refractivity contribution in [3.05, 3.63) is 24.3 Å². The van der Waals surface area contributed by atoms with Crippen LogP contribution in [0.4, 0.5) is 0 Å². The summed E-state index contributed by atoms with van der Waals surface area (Å²) in [6.07, 6.45) is 1.57. The first-order valence-corrected chi connectivity index (χ1v) is 17.3. The van der Waals surface area contributed by atoms with E-state index in [9.17, 15) is 9.59 Å². The van der Waals surface area contributed by atoms with Crippen LogP contribution in [0.15, 0.2) is 24.3 Å². The predicted molar refractivity (Wildman–Crippen MR) is 117 cm³/mol. The third-order valence-electron chi connectivity index (χ3n) is 2.84. The lowest BCUT2D eigenvalue weighted by atomic mass is 10.4. The van der Waals surface area contributed by atoms with Crippen LogP contribution in [0.2, 0.25) is 31.7 Å². The van der Waals surface area contributed by atoms with Gasteiger partial charge in [-0.05, 0) is 45.3 Å². The SMILES string of the molecule is C=C(C)C(=O)OCCC[Si](C)(C)Cl.C=C(C)C(=O)OCCC[Si](C)(Cl)Cl. The van der Waals surface area contributed by atoms with E-state index in [0.717, 1.165) is 24.9 Å². The Morgan fingerprint density at radius 3 is 1.42 bits per heavy atom. The van der Waals surface area contributed by atoms with Crippen molar-refractivity contribution in [1.82, 2.24) is 0 Å². The normalized spacial score (nSPS) is 11.1. The number of rotatable bonds is 10. The summed E-state index contributed by atoms with van der Waals surface area (Å²) in [5.74, 6) is -0.665. The summed E-state index contributed by atoms with van der Waals surface area (Å²) in [5, 5.41) is 0. The van der Waals surface area contributed by atoms with Crippen LogP contribution in [-0.2, 0) is 19.1 Å². The maximum atomic E-state index is 10.9. The molecule has 0 atom stereocenters. The number of esters is 2. The Labute approximate surface area is 174 Å². The predicted octanol–water partition coefficient (Wildman–Crippen LogP) is 5.99. The number of hydrogen-bond acceptors (Lipinski definition) is 4. The molecule has 26 heavy (non-hydrogen) atoms. The van der Waals surface area contributed by atoms with Crippen LogP contribution in [0.25, 0.3) is 0 Å². The van der Waals surface area contributed by atoms with Gasteiger partial charge in [0, 0.05) is 11.1 Å². The smallest absolute Gasteiger partial charge is 0.333 e. The van der Waals surface area contributed by atoms with Crippen molar-refractivity contribution in [2.45, 2.75) is 58.4 Å². The van der Waals surface area contributed by atoms with Gasteiger partial charge < -0.3 is 9.47 Å². The second-order valence-corrected chi connectivity index (χ2v) is 22.1. The molecule has 0 saturated heterocycles. The molecule has 0 bridgehead atoms. The maximum absolute atomic E-state index is 10.9. The molecule has 0 unspecified atom stereocenters. The molecule has 0 saturated carbocycles. The Morgan fingerprint density at radius 1 is 0.808 bits per heavy atom. The second-order valence-electron chi connectivity index (χ2n) is 6.83. The van der Waals surface area contributed by atoms with E-state index in [1.54, 1.807) is 13.8 Å². The number of ether oxygens (including phenoxy) is 2. The van der Waals surface area contributed by atoms with Gasteiger partial charge in [0.15, 0.2) is 7.38 Å². The molecule has 0 amide bonds. The molecule has 9 heteroatoms. The zero-order valence-electron chi connectivity index (χ0n) is 16.4. The molecule has 0 heterocycles. The van der Waals surface area contributed by atoms with E-state index in [4.69, 9.17) is 42.7 Å². The van der Waals surface area contributed by atoms with Gasteiger partial charge >= 0.3 is 11.9 Å². The third-order valence-corrected chi connectivity index (χ3v) is 7.31. The zero-order chi connectivity index (χ0) is 21.0. The Kier molecular flexibility index (Phi) is 14.9. The van der Waals surface area contributed by atoms with Gasteiger partial charge in [-0.3, -0.25) is 0 Å². The van der Waals surface area contributed by atoms with Crippen LogP contribution in [-0.4, -0.2) is 39.2 Å². The fourth-order valence-electron chi connectivity index (χ4n) is 1.45. The summed E-state index contributed by atoms with van der Waals surface area (Å²) < 4.78 is 9.79. The number of carbonyl (C=O) groups is 2. The molecule has 0 rings (SSSR count). The minimum absolute atomic E-state index is 0.311. The van der Waals surface area contributed by atoms with Crippen molar-refractivity contribution in [3.63, 3.8) is 0 Å². The van der Waals surface area contributed by atoms with Crippen molar-refractivity contribution < 1.29 is 19.1 Å². The van der Waals surface area contributed by atoms with Gasteiger partial charge in [-0.2, -0.15) is 11.1 Å². The molecule has 0 aromatic rings. The molecule has 4 nitrogen and oxygen atoms in total. The van der Waals surface area contributed by atoms with Crippen LogP contribution in [0.1, 0.15) is 26.7 Å². The van der Waals surface area contributed by atoms with Crippen LogP contribution < -0.4 is 0 Å². The highest BCUT2D eigenvalue weighted by atomic mass is 35.7. The quantitative estimate of drug-likeness (QED) is 0.132.